The molecule has 0 bridgehead atoms. The van der Waals surface area contributed by atoms with Crippen molar-refractivity contribution in [3.8, 4) is 0 Å². The Balaban J connectivity index is 1.63. The third kappa shape index (κ3) is 5.87. The van der Waals surface area contributed by atoms with Crippen molar-refractivity contribution >= 4 is 28.8 Å². The number of carbonyl (C=O) groups excluding carboxylic acids is 1. The van der Waals surface area contributed by atoms with Crippen molar-refractivity contribution in [3.05, 3.63) is 95.6 Å². The monoisotopic (exact) mass is 436 g/mol. The molecular weight excluding hydrogens is 408 g/mol. The van der Waals surface area contributed by atoms with Crippen LogP contribution in [0.1, 0.15) is 22.8 Å². The maximum absolute atomic E-state index is 11.8. The zero-order valence-corrected chi connectivity index (χ0v) is 18.8. The summed E-state index contributed by atoms with van der Waals surface area (Å²) in [6.07, 6.45) is 3.81. The van der Waals surface area contributed by atoms with Crippen molar-refractivity contribution in [2.24, 2.45) is 0 Å². The Morgan fingerprint density at radius 1 is 0.968 bits per heavy atom. The minimum Gasteiger partial charge on any atom is -0.462 e. The molecule has 3 rings (SSSR count). The first-order valence-electron chi connectivity index (χ1n) is 10.5. The molecule has 5 heteroatoms. The van der Waals surface area contributed by atoms with Crippen LogP contribution in [0.15, 0.2) is 79.4 Å². The van der Waals surface area contributed by atoms with Crippen molar-refractivity contribution in [1.29, 1.82) is 0 Å². The molecule has 2 aromatic rings. The highest BCUT2D eigenvalue weighted by molar-refractivity contribution is 6.30. The van der Waals surface area contributed by atoms with Gasteiger partial charge < -0.3 is 9.64 Å². The fraction of sp³-hybridized carbons (Fsp3) is 0.269. The van der Waals surface area contributed by atoms with E-state index in [1.165, 1.54) is 0 Å². The summed E-state index contributed by atoms with van der Waals surface area (Å²) in [6, 6.07) is 15.5. The molecule has 1 fully saturated rings. The van der Waals surface area contributed by atoms with E-state index in [1.807, 2.05) is 67.6 Å². The molecule has 0 saturated carbocycles. The number of benzene rings is 2. The van der Waals surface area contributed by atoms with E-state index >= 15 is 0 Å². The van der Waals surface area contributed by atoms with E-state index in [9.17, 15) is 4.79 Å². The molecule has 0 unspecified atom stereocenters. The first kappa shape index (κ1) is 22.9. The van der Waals surface area contributed by atoms with Crippen LogP contribution in [0.5, 0.6) is 0 Å². The van der Waals surface area contributed by atoms with E-state index in [0.717, 1.165) is 60.1 Å². The highest BCUT2D eigenvalue weighted by Gasteiger charge is 2.19. The van der Waals surface area contributed by atoms with Crippen LogP contribution in [-0.4, -0.2) is 50.2 Å². The van der Waals surface area contributed by atoms with Gasteiger partial charge in [0.25, 0.3) is 0 Å². The lowest BCUT2D eigenvalue weighted by Crippen LogP contribution is -2.46. The van der Waals surface area contributed by atoms with Crippen LogP contribution in [0.4, 0.5) is 5.69 Å². The van der Waals surface area contributed by atoms with Crippen LogP contribution in [0, 0.1) is 0 Å². The molecule has 0 radical (unpaired) electrons. The van der Waals surface area contributed by atoms with Gasteiger partial charge in [-0.3, -0.25) is 4.90 Å². The van der Waals surface area contributed by atoms with Crippen molar-refractivity contribution in [2.75, 3.05) is 44.2 Å². The number of nitrogens with zero attached hydrogens (tertiary/aromatic N) is 2. The molecule has 0 spiro atoms. The van der Waals surface area contributed by atoms with Crippen LogP contribution >= 0.6 is 11.6 Å². The van der Waals surface area contributed by atoms with Crippen molar-refractivity contribution in [1.82, 2.24) is 4.90 Å². The van der Waals surface area contributed by atoms with Crippen LogP contribution in [0.25, 0.3) is 5.57 Å². The van der Waals surface area contributed by atoms with Gasteiger partial charge in [-0.25, -0.2) is 4.79 Å². The van der Waals surface area contributed by atoms with Crippen LogP contribution in [0.3, 0.4) is 0 Å². The summed E-state index contributed by atoms with van der Waals surface area (Å²) in [4.78, 5) is 16.6. The highest BCUT2D eigenvalue weighted by atomic mass is 35.5. The molecule has 0 aromatic heterocycles. The molecule has 1 aliphatic heterocycles. The molecule has 2 aromatic carbocycles. The second kappa shape index (κ2) is 11.0. The van der Waals surface area contributed by atoms with E-state index in [4.69, 9.17) is 16.3 Å². The van der Waals surface area contributed by atoms with E-state index in [0.29, 0.717) is 12.2 Å². The predicted molar refractivity (Wildman–Crippen MR) is 130 cm³/mol. The van der Waals surface area contributed by atoms with Gasteiger partial charge in [-0.15, -0.1) is 0 Å². The summed E-state index contributed by atoms with van der Waals surface area (Å²) >= 11 is 6.03. The SMILES string of the molecule is C=C/C(CN1CCN(c2ccc(C(=O)OCC)cc2)CC1)=C(\C=C)c1ccc(Cl)cc1. The van der Waals surface area contributed by atoms with Gasteiger partial charge in [-0.1, -0.05) is 49.0 Å². The highest BCUT2D eigenvalue weighted by Crippen LogP contribution is 2.24. The second-order valence-electron chi connectivity index (χ2n) is 7.38. The average molecular weight is 437 g/mol. The van der Waals surface area contributed by atoms with E-state index in [-0.39, 0.29) is 5.97 Å². The fourth-order valence-electron chi connectivity index (χ4n) is 3.75. The van der Waals surface area contributed by atoms with Crippen LogP contribution in [0.2, 0.25) is 5.02 Å². The minimum absolute atomic E-state index is 0.277. The van der Waals surface area contributed by atoms with E-state index in [2.05, 4.69) is 23.0 Å². The topological polar surface area (TPSA) is 32.8 Å². The summed E-state index contributed by atoms with van der Waals surface area (Å²) in [5.41, 5.74) is 5.05. The Kier molecular flexibility index (Phi) is 8.10. The third-order valence-electron chi connectivity index (χ3n) is 5.46. The molecule has 0 amide bonds. The molecule has 0 N–H and O–H groups in total. The zero-order valence-electron chi connectivity index (χ0n) is 18.0. The van der Waals surface area contributed by atoms with Gasteiger partial charge in [0.15, 0.2) is 0 Å². The normalized spacial score (nSPS) is 15.2. The number of esters is 1. The molecule has 162 valence electrons. The quantitative estimate of drug-likeness (QED) is 0.406. The zero-order chi connectivity index (χ0) is 22.2. The minimum atomic E-state index is -0.277. The number of ether oxygens (including phenoxy) is 1. The summed E-state index contributed by atoms with van der Waals surface area (Å²) in [5.74, 6) is -0.277. The van der Waals surface area contributed by atoms with Gasteiger partial charge in [0, 0.05) is 43.4 Å². The lowest BCUT2D eigenvalue weighted by molar-refractivity contribution is 0.0526. The molecule has 1 heterocycles. The van der Waals surface area contributed by atoms with Gasteiger partial charge in [0.1, 0.15) is 0 Å². The Morgan fingerprint density at radius 2 is 1.58 bits per heavy atom. The van der Waals surface area contributed by atoms with Crippen LogP contribution < -0.4 is 4.90 Å². The van der Waals surface area contributed by atoms with Crippen molar-refractivity contribution < 1.29 is 9.53 Å². The van der Waals surface area contributed by atoms with Crippen molar-refractivity contribution in [2.45, 2.75) is 6.92 Å². The maximum Gasteiger partial charge on any atom is 0.338 e. The molecule has 0 atom stereocenters. The average Bonchev–Trinajstić information content (AvgIpc) is 2.80. The lowest BCUT2D eigenvalue weighted by Gasteiger charge is -2.36. The smallest absolute Gasteiger partial charge is 0.338 e. The van der Waals surface area contributed by atoms with Crippen LogP contribution in [-0.2, 0) is 4.74 Å². The number of anilines is 1. The van der Waals surface area contributed by atoms with Gasteiger partial charge in [-0.2, -0.15) is 0 Å². The molecule has 0 aliphatic carbocycles. The number of halogens is 1. The summed E-state index contributed by atoms with van der Waals surface area (Å²) in [6.45, 7) is 14.8. The predicted octanol–water partition coefficient (Wildman–Crippen LogP) is 5.46. The summed E-state index contributed by atoms with van der Waals surface area (Å²) < 4.78 is 5.06. The Labute approximate surface area is 190 Å². The van der Waals surface area contributed by atoms with Gasteiger partial charge >= 0.3 is 5.97 Å². The Bertz CT molecular complexity index is 940. The Morgan fingerprint density at radius 3 is 2.13 bits per heavy atom. The number of hydrogen-bond acceptors (Lipinski definition) is 4. The maximum atomic E-state index is 11.8. The molecule has 1 saturated heterocycles. The third-order valence-corrected chi connectivity index (χ3v) is 5.71. The number of piperazine rings is 1. The number of rotatable bonds is 8. The van der Waals surface area contributed by atoms with E-state index < -0.39 is 0 Å². The van der Waals surface area contributed by atoms with Gasteiger partial charge in [0.2, 0.25) is 0 Å². The lowest BCUT2D eigenvalue weighted by atomic mass is 9.99. The molecule has 1 aliphatic rings. The standard InChI is InChI=1S/C26H29ClN2O2/c1-4-20(25(5-2)21-7-11-23(27)12-8-21)19-28-15-17-29(18-16-28)24-13-9-22(10-14-24)26(30)31-6-3/h4-5,7-14H,1-2,6,15-19H2,3H3/b25-20-. The largest absolute Gasteiger partial charge is 0.462 e. The van der Waals surface area contributed by atoms with E-state index in [1.54, 1.807) is 0 Å². The second-order valence-corrected chi connectivity index (χ2v) is 7.82. The van der Waals surface area contributed by atoms with Gasteiger partial charge in [-0.05, 0) is 60.0 Å². The summed E-state index contributed by atoms with van der Waals surface area (Å²) in [7, 11) is 0. The Hall–Kier alpha value is -2.82. The number of carbonyl (C=O) groups is 1. The van der Waals surface area contributed by atoms with Gasteiger partial charge in [0.05, 0.1) is 12.2 Å². The fourth-order valence-corrected chi connectivity index (χ4v) is 3.88. The summed E-state index contributed by atoms with van der Waals surface area (Å²) in [5, 5.41) is 0.721. The number of allylic oxidation sites excluding steroid dienone is 2. The molecular formula is C26H29ClN2O2. The van der Waals surface area contributed by atoms with Crippen molar-refractivity contribution in [3.63, 3.8) is 0 Å². The molecule has 31 heavy (non-hydrogen) atoms. The first-order chi connectivity index (χ1) is 15.0. The first-order valence-corrected chi connectivity index (χ1v) is 10.9. The number of hydrogen-bond donors (Lipinski definition) is 0. The molecule has 4 nitrogen and oxygen atoms in total.